The van der Waals surface area contributed by atoms with Gasteiger partial charge in [-0.2, -0.15) is 0 Å². The Morgan fingerprint density at radius 1 is 1.32 bits per heavy atom. The van der Waals surface area contributed by atoms with Crippen molar-refractivity contribution in [1.82, 2.24) is 14.8 Å². The van der Waals surface area contributed by atoms with Crippen molar-refractivity contribution in [3.05, 3.63) is 41.3 Å². The number of methoxy groups -OCH3 is 2. The Hall–Kier alpha value is -2.47. The molecule has 0 spiro atoms. The van der Waals surface area contributed by atoms with Crippen molar-refractivity contribution in [3.63, 3.8) is 0 Å². The van der Waals surface area contributed by atoms with Gasteiger partial charge in [-0.05, 0) is 49.3 Å². The maximum absolute atomic E-state index is 13.2. The normalized spacial score (nSPS) is 23.9. The predicted octanol–water partition coefficient (Wildman–Crippen LogP) is 4.13. The van der Waals surface area contributed by atoms with Gasteiger partial charge in [-0.15, -0.1) is 0 Å². The molecular weight excluding hydrogens is 390 g/mol. The highest BCUT2D eigenvalue weighted by atomic mass is 16.5. The molecule has 1 saturated heterocycles. The lowest BCUT2D eigenvalue weighted by Gasteiger charge is -2.46. The Bertz CT molecular complexity index is 980. The quantitative estimate of drug-likeness (QED) is 0.558. The number of carbonyl (C=O) groups excluding carboxylic acids is 1. The van der Waals surface area contributed by atoms with Gasteiger partial charge >= 0.3 is 0 Å². The second kappa shape index (κ2) is 8.95. The summed E-state index contributed by atoms with van der Waals surface area (Å²) in [6, 6.07) is 6.48. The molecule has 0 radical (unpaired) electrons. The van der Waals surface area contributed by atoms with E-state index in [4.69, 9.17) is 9.47 Å². The van der Waals surface area contributed by atoms with Crippen molar-refractivity contribution in [2.75, 3.05) is 40.9 Å². The predicted molar refractivity (Wildman–Crippen MR) is 123 cm³/mol. The standard InChI is InChI=1S/C25H35N3O3/c1-6-16-14-28-12-11-17-23-20(9-8-10-22(23)31-5)26-24(17)21(28)13-18(16)19(15-30-4)25(29)27(3)7-2/h8-10,15-16,18,21,26H,6-7,11-14H2,1-5H3/b19-15+/t16-,18+,21+/m1/s1. The fraction of sp³-hybridized carbons (Fsp3) is 0.560. The molecule has 168 valence electrons. The molecular formula is C25H35N3O3. The van der Waals surface area contributed by atoms with Crippen molar-refractivity contribution in [2.45, 2.75) is 39.2 Å². The summed E-state index contributed by atoms with van der Waals surface area (Å²) in [5.41, 5.74) is 4.60. The first-order valence-electron chi connectivity index (χ1n) is 11.4. The van der Waals surface area contributed by atoms with Gasteiger partial charge in [-0.25, -0.2) is 0 Å². The van der Waals surface area contributed by atoms with Crippen molar-refractivity contribution >= 4 is 16.8 Å². The Kier molecular flexibility index (Phi) is 6.28. The summed E-state index contributed by atoms with van der Waals surface area (Å²) in [7, 11) is 5.24. The van der Waals surface area contributed by atoms with E-state index in [0.717, 1.165) is 49.2 Å². The molecule has 6 nitrogen and oxygen atoms in total. The van der Waals surface area contributed by atoms with Crippen LogP contribution in [0.1, 0.15) is 44.0 Å². The van der Waals surface area contributed by atoms with Crippen LogP contribution in [-0.2, 0) is 16.0 Å². The van der Waals surface area contributed by atoms with Gasteiger partial charge in [-0.3, -0.25) is 9.69 Å². The molecule has 1 aromatic carbocycles. The second-order valence-corrected chi connectivity index (χ2v) is 8.80. The van der Waals surface area contributed by atoms with Gasteiger partial charge in [0.25, 0.3) is 5.91 Å². The molecule has 3 atom stereocenters. The van der Waals surface area contributed by atoms with Gasteiger partial charge in [0.2, 0.25) is 0 Å². The van der Waals surface area contributed by atoms with E-state index in [9.17, 15) is 4.79 Å². The number of carbonyl (C=O) groups is 1. The first-order valence-corrected chi connectivity index (χ1v) is 11.4. The SMILES string of the molecule is CC[C@@H]1CN2CCc3c([nH]c4cccc(OC)c34)[C@@H]2C[C@@H]1/C(=C\OC)C(=O)N(C)CC. The Morgan fingerprint density at radius 3 is 2.81 bits per heavy atom. The van der Waals surface area contributed by atoms with E-state index in [-0.39, 0.29) is 17.9 Å². The molecule has 31 heavy (non-hydrogen) atoms. The molecule has 2 aliphatic heterocycles. The number of hydrogen-bond donors (Lipinski definition) is 1. The number of ether oxygens (including phenoxy) is 2. The third kappa shape index (κ3) is 3.71. The fourth-order valence-corrected chi connectivity index (χ4v) is 5.54. The monoisotopic (exact) mass is 425 g/mol. The minimum absolute atomic E-state index is 0.0793. The highest BCUT2D eigenvalue weighted by Gasteiger charge is 2.42. The number of aromatic amines is 1. The maximum atomic E-state index is 13.2. The Morgan fingerprint density at radius 2 is 2.13 bits per heavy atom. The largest absolute Gasteiger partial charge is 0.504 e. The second-order valence-electron chi connectivity index (χ2n) is 8.80. The third-order valence-corrected chi connectivity index (χ3v) is 7.32. The number of amides is 1. The topological polar surface area (TPSA) is 57.8 Å². The number of H-pyrrole nitrogens is 1. The lowest BCUT2D eigenvalue weighted by atomic mass is 9.73. The highest BCUT2D eigenvalue weighted by Crippen LogP contribution is 2.47. The highest BCUT2D eigenvalue weighted by molar-refractivity contribution is 5.94. The summed E-state index contributed by atoms with van der Waals surface area (Å²) in [6.07, 6.45) is 4.67. The zero-order valence-electron chi connectivity index (χ0n) is 19.4. The average molecular weight is 426 g/mol. The summed E-state index contributed by atoms with van der Waals surface area (Å²) in [4.78, 5) is 21.3. The summed E-state index contributed by atoms with van der Waals surface area (Å²) in [6.45, 7) is 6.97. The van der Waals surface area contributed by atoms with Gasteiger partial charge in [-0.1, -0.05) is 19.4 Å². The van der Waals surface area contributed by atoms with Crippen LogP contribution in [-0.4, -0.2) is 61.6 Å². The minimum Gasteiger partial charge on any atom is -0.504 e. The van der Waals surface area contributed by atoms with E-state index in [1.807, 2.05) is 26.1 Å². The number of aromatic nitrogens is 1. The summed E-state index contributed by atoms with van der Waals surface area (Å²) in [5, 5.41) is 1.21. The van der Waals surface area contributed by atoms with Gasteiger partial charge in [0, 0.05) is 43.3 Å². The van der Waals surface area contributed by atoms with Gasteiger partial charge in [0.05, 0.1) is 32.1 Å². The van der Waals surface area contributed by atoms with Crippen LogP contribution in [0.5, 0.6) is 5.75 Å². The Balaban J connectivity index is 1.74. The average Bonchev–Trinajstić information content (AvgIpc) is 3.20. The molecule has 2 aromatic rings. The van der Waals surface area contributed by atoms with Crippen molar-refractivity contribution in [2.24, 2.45) is 11.8 Å². The van der Waals surface area contributed by atoms with Crippen molar-refractivity contribution in [3.8, 4) is 5.75 Å². The number of benzene rings is 1. The number of likely N-dealkylation sites (N-methyl/N-ethyl adjacent to an activating group) is 1. The van der Waals surface area contributed by atoms with Crippen molar-refractivity contribution < 1.29 is 14.3 Å². The zero-order chi connectivity index (χ0) is 22.1. The van der Waals surface area contributed by atoms with Gasteiger partial charge in [0.1, 0.15) is 5.75 Å². The molecule has 0 saturated carbocycles. The van der Waals surface area contributed by atoms with Crippen LogP contribution < -0.4 is 4.74 Å². The molecule has 1 N–H and O–H groups in total. The van der Waals surface area contributed by atoms with Gasteiger partial charge in [0.15, 0.2) is 0 Å². The smallest absolute Gasteiger partial charge is 0.252 e. The lowest BCUT2D eigenvalue weighted by molar-refractivity contribution is -0.127. The molecule has 1 aromatic heterocycles. The van der Waals surface area contributed by atoms with Crippen LogP contribution in [0.15, 0.2) is 30.0 Å². The van der Waals surface area contributed by atoms with E-state index in [1.165, 1.54) is 16.6 Å². The van der Waals surface area contributed by atoms with E-state index >= 15 is 0 Å². The van der Waals surface area contributed by atoms with E-state index in [2.05, 4.69) is 22.9 Å². The summed E-state index contributed by atoms with van der Waals surface area (Å²) in [5.74, 6) is 1.62. The van der Waals surface area contributed by atoms with E-state index in [1.54, 1.807) is 25.4 Å². The molecule has 0 bridgehead atoms. The van der Waals surface area contributed by atoms with E-state index < -0.39 is 0 Å². The molecule has 2 aliphatic rings. The number of piperidine rings is 1. The number of fused-ring (bicyclic) bond motifs is 5. The number of nitrogens with one attached hydrogen (secondary N) is 1. The van der Waals surface area contributed by atoms with Crippen LogP contribution in [0.3, 0.4) is 0 Å². The van der Waals surface area contributed by atoms with Crippen LogP contribution in [0, 0.1) is 11.8 Å². The molecule has 6 heteroatoms. The molecule has 0 aliphatic carbocycles. The first kappa shape index (κ1) is 21.8. The molecule has 1 amide bonds. The van der Waals surface area contributed by atoms with Gasteiger partial charge < -0.3 is 19.4 Å². The summed E-state index contributed by atoms with van der Waals surface area (Å²) >= 11 is 0. The van der Waals surface area contributed by atoms with Crippen LogP contribution in [0.2, 0.25) is 0 Å². The van der Waals surface area contributed by atoms with Crippen LogP contribution in [0.4, 0.5) is 0 Å². The number of nitrogens with zero attached hydrogens (tertiary/aromatic N) is 2. The minimum atomic E-state index is 0.0793. The third-order valence-electron chi connectivity index (χ3n) is 7.32. The van der Waals surface area contributed by atoms with Crippen LogP contribution in [0.25, 0.3) is 10.9 Å². The summed E-state index contributed by atoms with van der Waals surface area (Å²) < 4.78 is 11.1. The molecule has 0 unspecified atom stereocenters. The number of hydrogen-bond acceptors (Lipinski definition) is 4. The number of rotatable bonds is 6. The van der Waals surface area contributed by atoms with E-state index in [0.29, 0.717) is 12.5 Å². The van der Waals surface area contributed by atoms with Crippen LogP contribution >= 0.6 is 0 Å². The lowest BCUT2D eigenvalue weighted by Crippen LogP contribution is -2.47. The zero-order valence-corrected chi connectivity index (χ0v) is 19.4. The first-order chi connectivity index (χ1) is 15.0. The molecule has 4 rings (SSSR count). The maximum Gasteiger partial charge on any atom is 0.252 e. The Labute approximate surface area is 185 Å². The molecule has 3 heterocycles. The fourth-order valence-electron chi connectivity index (χ4n) is 5.54. The van der Waals surface area contributed by atoms with Crippen molar-refractivity contribution in [1.29, 1.82) is 0 Å². The molecule has 1 fully saturated rings.